The molecule has 0 aromatic heterocycles. The van der Waals surface area contributed by atoms with Gasteiger partial charge in [0.2, 0.25) is 0 Å². The van der Waals surface area contributed by atoms with Crippen molar-refractivity contribution in [1.82, 2.24) is 0 Å². The third-order valence-electron chi connectivity index (χ3n) is 5.27. The van der Waals surface area contributed by atoms with Gasteiger partial charge in [-0.05, 0) is 36.8 Å². The first kappa shape index (κ1) is 20.0. The van der Waals surface area contributed by atoms with Gasteiger partial charge in [-0.25, -0.2) is 4.79 Å². The van der Waals surface area contributed by atoms with E-state index in [1.54, 1.807) is 62.6 Å². The van der Waals surface area contributed by atoms with Gasteiger partial charge < -0.3 is 28.6 Å². The Morgan fingerprint density at radius 3 is 2.48 bits per heavy atom. The molecular weight excluding hydrogens is 396 g/mol. The molecule has 2 fully saturated rings. The largest absolute Gasteiger partial charge is 0.609 e. The van der Waals surface area contributed by atoms with E-state index in [2.05, 4.69) is 0 Å². The van der Waals surface area contributed by atoms with E-state index in [1.165, 1.54) is 0 Å². The van der Waals surface area contributed by atoms with Crippen LogP contribution in [0.5, 0.6) is 5.75 Å². The lowest BCUT2D eigenvalue weighted by atomic mass is 9.83. The molecule has 2 heterocycles. The van der Waals surface area contributed by atoms with Crippen LogP contribution in [-0.2, 0) is 31.8 Å². The molecule has 0 saturated carbocycles. The van der Waals surface area contributed by atoms with Gasteiger partial charge in [0, 0.05) is 17.6 Å². The average molecular weight is 418 g/mol. The smallest absolute Gasteiger partial charge is 0.509 e. The fourth-order valence-electron chi connectivity index (χ4n) is 3.79. The number of hydrogen-bond acceptors (Lipinski definition) is 7. The van der Waals surface area contributed by atoms with Gasteiger partial charge in [0.05, 0.1) is 7.11 Å². The van der Waals surface area contributed by atoms with Crippen LogP contribution in [0.2, 0.25) is 0 Å². The highest BCUT2D eigenvalue weighted by Gasteiger charge is 2.65. The van der Waals surface area contributed by atoms with Crippen molar-refractivity contribution in [3.63, 3.8) is 0 Å². The Labute approximate surface area is 171 Å². The first-order valence-corrected chi connectivity index (χ1v) is 10.5. The molecule has 154 valence electrons. The first-order chi connectivity index (χ1) is 13.9. The number of ether oxygens (including phenoxy) is 4. The Bertz CT molecular complexity index is 859. The van der Waals surface area contributed by atoms with E-state index >= 15 is 0 Å². The van der Waals surface area contributed by atoms with E-state index in [9.17, 15) is 14.5 Å². The second-order valence-electron chi connectivity index (χ2n) is 7.17. The Hall–Kier alpha value is -2.26. The van der Waals surface area contributed by atoms with Crippen molar-refractivity contribution in [2.75, 3.05) is 7.11 Å². The summed E-state index contributed by atoms with van der Waals surface area (Å²) in [5.41, 5.74) is -2.11. The fraction of sp³-hybridized carbons (Fsp3) is 0.381. The Morgan fingerprint density at radius 2 is 1.83 bits per heavy atom. The minimum Gasteiger partial charge on any atom is -0.609 e. The summed E-state index contributed by atoms with van der Waals surface area (Å²) in [6.45, 7) is 1.71. The summed E-state index contributed by atoms with van der Waals surface area (Å²) in [7, 11) is 1.57. The molecule has 2 saturated heterocycles. The van der Waals surface area contributed by atoms with Crippen LogP contribution in [0.25, 0.3) is 0 Å². The van der Waals surface area contributed by atoms with Crippen LogP contribution in [0.1, 0.15) is 12.5 Å². The van der Waals surface area contributed by atoms with Crippen molar-refractivity contribution in [3.8, 4) is 5.75 Å². The van der Waals surface area contributed by atoms with E-state index in [0.29, 0.717) is 10.6 Å². The maximum atomic E-state index is 13.3. The Balaban J connectivity index is 1.71. The first-order valence-electron chi connectivity index (χ1n) is 9.26. The molecule has 7 nitrogen and oxygen atoms in total. The van der Waals surface area contributed by atoms with Gasteiger partial charge in [-0.1, -0.05) is 30.3 Å². The van der Waals surface area contributed by atoms with Gasteiger partial charge in [0.15, 0.2) is 22.7 Å². The molecule has 6 atom stereocenters. The second kappa shape index (κ2) is 7.87. The van der Waals surface area contributed by atoms with Crippen LogP contribution in [0.15, 0.2) is 59.5 Å². The molecule has 29 heavy (non-hydrogen) atoms. The molecule has 2 aliphatic rings. The second-order valence-corrected chi connectivity index (χ2v) is 8.66. The van der Waals surface area contributed by atoms with Crippen LogP contribution in [0.4, 0.5) is 4.79 Å². The van der Waals surface area contributed by atoms with Crippen LogP contribution in [-0.4, -0.2) is 52.3 Å². The normalized spacial score (nSPS) is 32.1. The van der Waals surface area contributed by atoms with E-state index in [-0.39, 0.29) is 6.42 Å². The summed E-state index contributed by atoms with van der Waals surface area (Å²) in [6, 6.07) is 15.9. The molecule has 0 amide bonds. The number of carbonyl (C=O) groups is 1. The zero-order valence-electron chi connectivity index (χ0n) is 16.0. The highest BCUT2D eigenvalue weighted by molar-refractivity contribution is 7.92. The van der Waals surface area contributed by atoms with Crippen molar-refractivity contribution in [3.05, 3.63) is 60.2 Å². The van der Waals surface area contributed by atoms with Crippen molar-refractivity contribution in [2.45, 2.75) is 47.6 Å². The molecular formula is C21H22O7S. The summed E-state index contributed by atoms with van der Waals surface area (Å²) in [4.78, 5) is 12.3. The molecule has 4 rings (SSSR count). The van der Waals surface area contributed by atoms with Crippen molar-refractivity contribution >= 4 is 17.3 Å². The number of fused-ring (bicyclic) bond motifs is 1. The molecule has 0 bridgehead atoms. The third kappa shape index (κ3) is 3.69. The number of methoxy groups -OCH3 is 1. The molecule has 2 aromatic carbocycles. The van der Waals surface area contributed by atoms with Crippen molar-refractivity contribution in [2.24, 2.45) is 0 Å². The maximum Gasteiger partial charge on any atom is 0.509 e. The standard InChI is InChI=1S/C21H22O7S/c1-13-17-18(28-20(22)27-17)21(23,12-14-8-10-15(25-2)11-9-14)19(26-13)29(24)16-6-4-3-5-7-16/h3-11,13,17-19,23H,12H2,1-2H3/t13-,17+,18+,19-,21-,29?/m1/s1. The van der Waals surface area contributed by atoms with Crippen molar-refractivity contribution < 1.29 is 33.4 Å². The lowest BCUT2D eigenvalue weighted by Gasteiger charge is -2.45. The lowest BCUT2D eigenvalue weighted by Crippen LogP contribution is -2.67. The van der Waals surface area contributed by atoms with Crippen LogP contribution >= 0.6 is 0 Å². The molecule has 2 aromatic rings. The number of rotatable bonds is 5. The van der Waals surface area contributed by atoms with Gasteiger partial charge in [-0.3, -0.25) is 0 Å². The zero-order valence-corrected chi connectivity index (χ0v) is 16.8. The topological polar surface area (TPSA) is 97.3 Å². The third-order valence-corrected chi connectivity index (χ3v) is 6.92. The summed E-state index contributed by atoms with van der Waals surface area (Å²) >= 11 is -1.70. The molecule has 8 heteroatoms. The SMILES string of the molecule is COc1ccc(C[C@]2(O)[C@@H]([S+]([O-])c3ccccc3)O[C@H](C)[C@@H]3OC(=O)O[C@@H]32)cc1. The molecule has 0 spiro atoms. The molecule has 2 aliphatic heterocycles. The van der Waals surface area contributed by atoms with Gasteiger partial charge in [-0.15, -0.1) is 0 Å². The highest BCUT2D eigenvalue weighted by atomic mass is 32.2. The summed E-state index contributed by atoms with van der Waals surface area (Å²) in [6.07, 6.45) is -3.17. The summed E-state index contributed by atoms with van der Waals surface area (Å²) in [5.74, 6) is 0.673. The minimum absolute atomic E-state index is 0.0603. The van der Waals surface area contributed by atoms with E-state index in [4.69, 9.17) is 18.9 Å². The van der Waals surface area contributed by atoms with E-state index < -0.39 is 46.7 Å². The molecule has 1 unspecified atom stereocenters. The zero-order chi connectivity index (χ0) is 20.6. The van der Waals surface area contributed by atoms with Crippen LogP contribution in [0.3, 0.4) is 0 Å². The van der Waals surface area contributed by atoms with E-state index in [0.717, 1.165) is 5.56 Å². The predicted octanol–water partition coefficient (Wildman–Crippen LogP) is 2.43. The summed E-state index contributed by atoms with van der Waals surface area (Å²) < 4.78 is 35.0. The monoisotopic (exact) mass is 418 g/mol. The highest BCUT2D eigenvalue weighted by Crippen LogP contribution is 2.43. The summed E-state index contributed by atoms with van der Waals surface area (Å²) in [5, 5.41) is 11.7. The number of benzene rings is 2. The van der Waals surface area contributed by atoms with Gasteiger partial charge in [-0.2, -0.15) is 0 Å². The molecule has 0 aliphatic carbocycles. The number of carbonyl (C=O) groups excluding carboxylic acids is 1. The fourth-order valence-corrected chi connectivity index (χ4v) is 5.33. The van der Waals surface area contributed by atoms with Crippen molar-refractivity contribution in [1.29, 1.82) is 0 Å². The van der Waals surface area contributed by atoms with Crippen LogP contribution in [0, 0.1) is 0 Å². The van der Waals surface area contributed by atoms with E-state index in [1.807, 2.05) is 6.07 Å². The van der Waals surface area contributed by atoms with Gasteiger partial charge >= 0.3 is 6.16 Å². The Morgan fingerprint density at radius 1 is 1.14 bits per heavy atom. The maximum absolute atomic E-state index is 13.3. The van der Waals surface area contributed by atoms with Gasteiger partial charge in [0.1, 0.15) is 11.9 Å². The predicted molar refractivity (Wildman–Crippen MR) is 104 cm³/mol. The van der Waals surface area contributed by atoms with Crippen LogP contribution < -0.4 is 4.74 Å². The van der Waals surface area contributed by atoms with Gasteiger partial charge in [0.25, 0.3) is 5.44 Å². The number of aliphatic hydroxyl groups is 1. The number of hydrogen-bond donors (Lipinski definition) is 1. The minimum atomic E-state index is -1.75. The lowest BCUT2D eigenvalue weighted by molar-refractivity contribution is -0.208. The molecule has 0 radical (unpaired) electrons. The molecule has 1 N–H and O–H groups in total. The quantitative estimate of drug-likeness (QED) is 0.588. The Kier molecular flexibility index (Phi) is 5.44. The average Bonchev–Trinajstić information content (AvgIpc) is 3.15.